The summed E-state index contributed by atoms with van der Waals surface area (Å²) in [5.74, 6) is 0.231. The molecule has 1 N–H and O–H groups in total. The van der Waals surface area contributed by atoms with E-state index in [1.54, 1.807) is 0 Å². The first kappa shape index (κ1) is 14.2. The number of benzene rings is 1. The Morgan fingerprint density at radius 2 is 2.05 bits per heavy atom. The standard InChI is InChI=1S/C15H14BrN3O2/c1-21-15(20)14-11-7-17-8-12(11)18-13(19-14)6-9-2-4-10(16)5-3-9/h2-5,17H,6-8H2,1H3. The number of halogens is 1. The summed E-state index contributed by atoms with van der Waals surface area (Å²) in [4.78, 5) is 20.8. The van der Waals surface area contributed by atoms with Crippen molar-refractivity contribution in [1.82, 2.24) is 15.3 Å². The lowest BCUT2D eigenvalue weighted by Crippen LogP contribution is -2.13. The van der Waals surface area contributed by atoms with E-state index < -0.39 is 5.97 Å². The highest BCUT2D eigenvalue weighted by Crippen LogP contribution is 2.19. The van der Waals surface area contributed by atoms with Crippen LogP contribution in [0.25, 0.3) is 0 Å². The predicted molar refractivity (Wildman–Crippen MR) is 80.9 cm³/mol. The number of nitrogens with one attached hydrogen (secondary N) is 1. The van der Waals surface area contributed by atoms with E-state index in [0.717, 1.165) is 21.3 Å². The number of rotatable bonds is 3. The van der Waals surface area contributed by atoms with Crippen LogP contribution in [0.4, 0.5) is 0 Å². The van der Waals surface area contributed by atoms with Gasteiger partial charge < -0.3 is 10.1 Å². The second-order valence-electron chi connectivity index (χ2n) is 4.81. The monoisotopic (exact) mass is 347 g/mol. The Bertz CT molecular complexity index is 686. The summed E-state index contributed by atoms with van der Waals surface area (Å²) in [5.41, 5.74) is 3.21. The molecule has 0 saturated carbocycles. The van der Waals surface area contributed by atoms with Gasteiger partial charge in [0.25, 0.3) is 0 Å². The molecular weight excluding hydrogens is 334 g/mol. The summed E-state index contributed by atoms with van der Waals surface area (Å²) >= 11 is 3.41. The highest BCUT2D eigenvalue weighted by molar-refractivity contribution is 9.10. The molecule has 2 heterocycles. The molecule has 0 saturated heterocycles. The van der Waals surface area contributed by atoms with E-state index in [4.69, 9.17) is 4.74 Å². The van der Waals surface area contributed by atoms with Crippen molar-refractivity contribution in [3.05, 3.63) is 57.1 Å². The van der Waals surface area contributed by atoms with Gasteiger partial charge in [-0.05, 0) is 17.7 Å². The average molecular weight is 348 g/mol. The molecule has 1 aromatic heterocycles. The van der Waals surface area contributed by atoms with Gasteiger partial charge in [0.05, 0.1) is 12.8 Å². The van der Waals surface area contributed by atoms with E-state index >= 15 is 0 Å². The van der Waals surface area contributed by atoms with Crippen LogP contribution in [0.2, 0.25) is 0 Å². The zero-order chi connectivity index (χ0) is 14.8. The quantitative estimate of drug-likeness (QED) is 0.862. The topological polar surface area (TPSA) is 64.1 Å². The van der Waals surface area contributed by atoms with Gasteiger partial charge in [0, 0.05) is 29.5 Å². The fourth-order valence-electron chi connectivity index (χ4n) is 2.35. The van der Waals surface area contributed by atoms with Crippen molar-refractivity contribution in [3.8, 4) is 0 Å². The SMILES string of the molecule is COC(=O)c1nc(Cc2ccc(Br)cc2)nc2c1CNC2. The maximum absolute atomic E-state index is 11.9. The fourth-order valence-corrected chi connectivity index (χ4v) is 2.61. The van der Waals surface area contributed by atoms with Gasteiger partial charge in [-0.1, -0.05) is 28.1 Å². The van der Waals surface area contributed by atoms with E-state index in [1.165, 1.54) is 7.11 Å². The molecule has 0 bridgehead atoms. The van der Waals surface area contributed by atoms with Gasteiger partial charge in [0.2, 0.25) is 0 Å². The van der Waals surface area contributed by atoms with Crippen molar-refractivity contribution in [2.45, 2.75) is 19.5 Å². The lowest BCUT2D eigenvalue weighted by molar-refractivity contribution is 0.0592. The minimum absolute atomic E-state index is 0.375. The molecule has 0 unspecified atom stereocenters. The van der Waals surface area contributed by atoms with Crippen LogP contribution < -0.4 is 5.32 Å². The largest absolute Gasteiger partial charge is 0.464 e. The Kier molecular flexibility index (Phi) is 3.98. The molecular formula is C15H14BrN3O2. The third-order valence-corrected chi connectivity index (χ3v) is 3.92. The molecule has 108 valence electrons. The third-order valence-electron chi connectivity index (χ3n) is 3.39. The summed E-state index contributed by atoms with van der Waals surface area (Å²) in [7, 11) is 1.37. The van der Waals surface area contributed by atoms with Crippen LogP contribution in [0.1, 0.15) is 33.1 Å². The lowest BCUT2D eigenvalue weighted by atomic mass is 10.1. The molecule has 0 spiro atoms. The molecule has 0 atom stereocenters. The van der Waals surface area contributed by atoms with Gasteiger partial charge in [0.1, 0.15) is 5.82 Å². The van der Waals surface area contributed by atoms with E-state index in [-0.39, 0.29) is 0 Å². The van der Waals surface area contributed by atoms with Crippen molar-refractivity contribution >= 4 is 21.9 Å². The van der Waals surface area contributed by atoms with E-state index in [9.17, 15) is 4.79 Å². The molecule has 2 aromatic rings. The van der Waals surface area contributed by atoms with Crippen LogP contribution in [0.15, 0.2) is 28.7 Å². The summed E-state index contributed by atoms with van der Waals surface area (Å²) in [6, 6.07) is 7.98. The third kappa shape index (κ3) is 2.96. The number of hydrogen-bond donors (Lipinski definition) is 1. The fraction of sp³-hybridized carbons (Fsp3) is 0.267. The highest BCUT2D eigenvalue weighted by Gasteiger charge is 2.23. The minimum atomic E-state index is -0.408. The minimum Gasteiger partial charge on any atom is -0.464 e. The molecule has 21 heavy (non-hydrogen) atoms. The Morgan fingerprint density at radius 1 is 1.29 bits per heavy atom. The van der Waals surface area contributed by atoms with Crippen LogP contribution in [-0.4, -0.2) is 23.0 Å². The number of carbonyl (C=O) groups excluding carboxylic acids is 1. The number of nitrogens with zero attached hydrogens (tertiary/aromatic N) is 2. The normalized spacial score (nSPS) is 13.0. The number of hydrogen-bond acceptors (Lipinski definition) is 5. The molecule has 0 amide bonds. The number of methoxy groups -OCH3 is 1. The zero-order valence-electron chi connectivity index (χ0n) is 11.5. The van der Waals surface area contributed by atoms with E-state index in [1.807, 2.05) is 24.3 Å². The Hall–Kier alpha value is -1.79. The zero-order valence-corrected chi connectivity index (χ0v) is 13.1. The van der Waals surface area contributed by atoms with Crippen molar-refractivity contribution in [1.29, 1.82) is 0 Å². The molecule has 1 aliphatic heterocycles. The summed E-state index contributed by atoms with van der Waals surface area (Å²) < 4.78 is 5.85. The molecule has 0 radical (unpaired) electrons. The van der Waals surface area contributed by atoms with Crippen molar-refractivity contribution in [2.75, 3.05) is 7.11 Å². The first-order valence-corrected chi connectivity index (χ1v) is 7.39. The van der Waals surface area contributed by atoms with Crippen LogP contribution >= 0.6 is 15.9 Å². The summed E-state index contributed by atoms with van der Waals surface area (Å²) in [5, 5.41) is 3.19. The first-order valence-electron chi connectivity index (χ1n) is 6.59. The number of carbonyl (C=O) groups is 1. The molecule has 0 aliphatic carbocycles. The van der Waals surface area contributed by atoms with Gasteiger partial charge in [-0.15, -0.1) is 0 Å². The van der Waals surface area contributed by atoms with Gasteiger partial charge in [-0.2, -0.15) is 0 Å². The average Bonchev–Trinajstić information content (AvgIpc) is 2.96. The molecule has 3 rings (SSSR count). The van der Waals surface area contributed by atoms with Crippen LogP contribution in [0.5, 0.6) is 0 Å². The second-order valence-corrected chi connectivity index (χ2v) is 5.73. The van der Waals surface area contributed by atoms with Crippen molar-refractivity contribution < 1.29 is 9.53 Å². The smallest absolute Gasteiger partial charge is 0.357 e. The van der Waals surface area contributed by atoms with Crippen molar-refractivity contribution in [2.24, 2.45) is 0 Å². The molecule has 1 aromatic carbocycles. The predicted octanol–water partition coefficient (Wildman–Crippen LogP) is 2.22. The Morgan fingerprint density at radius 3 is 2.76 bits per heavy atom. The first-order chi connectivity index (χ1) is 10.2. The number of fused-ring (bicyclic) bond motifs is 1. The highest BCUT2D eigenvalue weighted by atomic mass is 79.9. The molecule has 0 fully saturated rings. The van der Waals surface area contributed by atoms with Crippen LogP contribution in [0, 0.1) is 0 Å². The lowest BCUT2D eigenvalue weighted by Gasteiger charge is -2.08. The molecule has 5 nitrogen and oxygen atoms in total. The number of esters is 1. The molecule has 6 heteroatoms. The maximum Gasteiger partial charge on any atom is 0.357 e. The second kappa shape index (κ2) is 5.91. The van der Waals surface area contributed by atoms with Gasteiger partial charge in [-0.25, -0.2) is 14.8 Å². The Balaban J connectivity index is 1.96. The number of aromatic nitrogens is 2. The summed E-state index contributed by atoms with van der Waals surface area (Å²) in [6.45, 7) is 1.27. The van der Waals surface area contributed by atoms with Crippen LogP contribution in [0.3, 0.4) is 0 Å². The van der Waals surface area contributed by atoms with Gasteiger partial charge in [0.15, 0.2) is 5.69 Å². The van der Waals surface area contributed by atoms with Gasteiger partial charge in [-0.3, -0.25) is 0 Å². The van der Waals surface area contributed by atoms with Gasteiger partial charge >= 0.3 is 5.97 Å². The number of ether oxygens (including phenoxy) is 1. The molecule has 1 aliphatic rings. The Labute approximate surface area is 130 Å². The van der Waals surface area contributed by atoms with E-state index in [0.29, 0.717) is 31.0 Å². The van der Waals surface area contributed by atoms with Crippen molar-refractivity contribution in [3.63, 3.8) is 0 Å². The maximum atomic E-state index is 11.9. The van der Waals surface area contributed by atoms with Crippen LogP contribution in [-0.2, 0) is 24.2 Å². The summed E-state index contributed by atoms with van der Waals surface area (Å²) in [6.07, 6.45) is 0.588. The van der Waals surface area contributed by atoms with E-state index in [2.05, 4.69) is 31.2 Å².